The molecular weight excluding hydrogens is 502 g/mol. The van der Waals surface area contributed by atoms with Gasteiger partial charge in [0.05, 0.1) is 19.1 Å². The molecule has 1 unspecified atom stereocenters. The summed E-state index contributed by atoms with van der Waals surface area (Å²) in [6, 6.07) is 12.6. The van der Waals surface area contributed by atoms with Crippen molar-refractivity contribution < 1.29 is 22.7 Å². The van der Waals surface area contributed by atoms with Crippen LogP contribution in [-0.4, -0.2) is 57.1 Å². The van der Waals surface area contributed by atoms with Gasteiger partial charge >= 0.3 is 0 Å². The first-order valence-electron chi connectivity index (χ1n) is 13.3. The monoisotopic (exact) mass is 543 g/mol. The minimum absolute atomic E-state index is 0.113. The lowest BCUT2D eigenvalue weighted by atomic mass is 10.1. The highest BCUT2D eigenvalue weighted by Crippen LogP contribution is 2.23. The molecule has 208 valence electrons. The first-order valence-corrected chi connectivity index (χ1v) is 15.1. The molecule has 9 heteroatoms. The fraction of sp³-hybridized carbons (Fsp3) is 0.517. The summed E-state index contributed by atoms with van der Waals surface area (Å²) in [4.78, 5) is 28.2. The van der Waals surface area contributed by atoms with Crippen LogP contribution in [-0.2, 0) is 26.2 Å². The Bertz CT molecular complexity index is 1200. The van der Waals surface area contributed by atoms with Gasteiger partial charge in [-0.1, -0.05) is 31.0 Å². The number of nitrogens with one attached hydrogen (secondary N) is 1. The molecule has 1 aliphatic rings. The topological polar surface area (TPSA) is 96.0 Å². The molecule has 2 aromatic rings. The van der Waals surface area contributed by atoms with E-state index >= 15 is 0 Å². The van der Waals surface area contributed by atoms with E-state index in [9.17, 15) is 18.0 Å². The van der Waals surface area contributed by atoms with Crippen LogP contribution in [0.15, 0.2) is 42.5 Å². The summed E-state index contributed by atoms with van der Waals surface area (Å²) in [5, 5.41) is 3.10. The molecule has 0 heterocycles. The first-order chi connectivity index (χ1) is 18.0. The number of carbonyl (C=O) groups excluding carboxylic acids is 2. The Morgan fingerprint density at radius 1 is 1.08 bits per heavy atom. The number of anilines is 1. The third-order valence-electron chi connectivity index (χ3n) is 7.00. The van der Waals surface area contributed by atoms with Crippen molar-refractivity contribution in [3.8, 4) is 5.75 Å². The molecule has 8 nitrogen and oxygen atoms in total. The van der Waals surface area contributed by atoms with Crippen molar-refractivity contribution in [1.82, 2.24) is 10.2 Å². The van der Waals surface area contributed by atoms with Crippen LogP contribution in [0.5, 0.6) is 5.75 Å². The summed E-state index contributed by atoms with van der Waals surface area (Å²) >= 11 is 0. The Hall–Kier alpha value is -3.07. The molecule has 1 aliphatic carbocycles. The zero-order chi connectivity index (χ0) is 27.9. The van der Waals surface area contributed by atoms with Crippen LogP contribution in [0.3, 0.4) is 0 Å². The van der Waals surface area contributed by atoms with E-state index < -0.39 is 16.1 Å². The van der Waals surface area contributed by atoms with Gasteiger partial charge in [-0.05, 0) is 81.0 Å². The summed E-state index contributed by atoms with van der Waals surface area (Å²) < 4.78 is 31.9. The minimum Gasteiger partial charge on any atom is -0.497 e. The van der Waals surface area contributed by atoms with E-state index in [0.717, 1.165) is 42.4 Å². The van der Waals surface area contributed by atoms with Crippen molar-refractivity contribution in [2.24, 2.45) is 0 Å². The summed E-state index contributed by atoms with van der Waals surface area (Å²) in [5.74, 6) is 0.312. The molecule has 0 bridgehead atoms. The number of rotatable bonds is 12. The second kappa shape index (κ2) is 13.1. The van der Waals surface area contributed by atoms with Crippen LogP contribution in [0.1, 0.15) is 62.1 Å². The van der Waals surface area contributed by atoms with Crippen LogP contribution in [0.25, 0.3) is 0 Å². The van der Waals surface area contributed by atoms with Gasteiger partial charge in [0.1, 0.15) is 11.8 Å². The number of ether oxygens (including phenoxy) is 1. The number of aryl methyl sites for hydroxylation is 2. The van der Waals surface area contributed by atoms with Gasteiger partial charge in [-0.25, -0.2) is 8.42 Å². The zero-order valence-electron chi connectivity index (χ0n) is 23.2. The number of amides is 2. The Kier molecular flexibility index (Phi) is 10.2. The van der Waals surface area contributed by atoms with Crippen LogP contribution in [0.4, 0.5) is 5.69 Å². The standard InChI is InChI=1S/C29H41N3O5S/c1-21-16-22(2)18-26(17-21)32(38(5,35)36)15-9-14-28(33)31(20-24-10-8-13-27(19-24)37-4)23(3)29(34)30-25-11-6-7-12-25/h8,10,13,16-19,23,25H,6-7,9,11-12,14-15,20H2,1-5H3,(H,30,34). The highest BCUT2D eigenvalue weighted by atomic mass is 32.2. The van der Waals surface area contributed by atoms with Crippen LogP contribution in [0, 0.1) is 13.8 Å². The van der Waals surface area contributed by atoms with Gasteiger partial charge in [-0.3, -0.25) is 13.9 Å². The van der Waals surface area contributed by atoms with Crippen molar-refractivity contribution in [2.75, 3.05) is 24.2 Å². The molecule has 0 aliphatic heterocycles. The Balaban J connectivity index is 1.75. The van der Waals surface area contributed by atoms with E-state index in [0.29, 0.717) is 17.9 Å². The Morgan fingerprint density at radius 3 is 2.34 bits per heavy atom. The molecule has 1 atom stereocenters. The van der Waals surface area contributed by atoms with Gasteiger partial charge in [-0.2, -0.15) is 0 Å². The van der Waals surface area contributed by atoms with Gasteiger partial charge in [0, 0.05) is 25.6 Å². The number of carbonyl (C=O) groups is 2. The fourth-order valence-corrected chi connectivity index (χ4v) is 5.99. The van der Waals surface area contributed by atoms with Crippen molar-refractivity contribution in [3.05, 3.63) is 59.2 Å². The average Bonchev–Trinajstić information content (AvgIpc) is 3.36. The van der Waals surface area contributed by atoms with Crippen LogP contribution < -0.4 is 14.4 Å². The molecule has 2 amide bonds. The summed E-state index contributed by atoms with van der Waals surface area (Å²) in [6.45, 7) is 6.02. The number of hydrogen-bond donors (Lipinski definition) is 1. The quantitative estimate of drug-likeness (QED) is 0.430. The lowest BCUT2D eigenvalue weighted by Crippen LogP contribution is -2.49. The molecule has 1 N–H and O–H groups in total. The normalized spacial score (nSPS) is 14.7. The van der Waals surface area contributed by atoms with Crippen molar-refractivity contribution in [3.63, 3.8) is 0 Å². The predicted molar refractivity (Wildman–Crippen MR) is 151 cm³/mol. The van der Waals surface area contributed by atoms with E-state index in [1.165, 1.54) is 10.6 Å². The molecule has 3 rings (SSSR count). The zero-order valence-corrected chi connectivity index (χ0v) is 24.0. The van der Waals surface area contributed by atoms with Crippen LogP contribution >= 0.6 is 0 Å². The summed E-state index contributed by atoms with van der Waals surface area (Å²) in [7, 11) is -1.95. The maximum atomic E-state index is 13.5. The van der Waals surface area contributed by atoms with E-state index in [1.54, 1.807) is 18.9 Å². The highest BCUT2D eigenvalue weighted by Gasteiger charge is 2.29. The van der Waals surface area contributed by atoms with E-state index in [4.69, 9.17) is 4.74 Å². The average molecular weight is 544 g/mol. The molecular formula is C29H41N3O5S. The van der Waals surface area contributed by atoms with E-state index in [1.807, 2.05) is 56.3 Å². The number of benzene rings is 2. The lowest BCUT2D eigenvalue weighted by Gasteiger charge is -2.30. The van der Waals surface area contributed by atoms with Crippen molar-refractivity contribution in [1.29, 1.82) is 0 Å². The molecule has 2 aromatic carbocycles. The van der Waals surface area contributed by atoms with Gasteiger partial charge in [0.15, 0.2) is 0 Å². The molecule has 0 aromatic heterocycles. The van der Waals surface area contributed by atoms with Gasteiger partial charge < -0.3 is 15.0 Å². The maximum Gasteiger partial charge on any atom is 0.242 e. The van der Waals surface area contributed by atoms with Crippen LogP contribution in [0.2, 0.25) is 0 Å². The fourth-order valence-electron chi connectivity index (χ4n) is 5.04. The molecule has 0 saturated heterocycles. The second-order valence-corrected chi connectivity index (χ2v) is 12.2. The summed E-state index contributed by atoms with van der Waals surface area (Å²) in [6.07, 6.45) is 5.74. The lowest BCUT2D eigenvalue weighted by molar-refractivity contribution is -0.141. The van der Waals surface area contributed by atoms with Gasteiger partial charge in [0.2, 0.25) is 21.8 Å². The van der Waals surface area contributed by atoms with Gasteiger partial charge in [-0.15, -0.1) is 0 Å². The number of sulfonamides is 1. The SMILES string of the molecule is COc1cccc(CN(C(=O)CCCN(c2cc(C)cc(C)c2)S(C)(=O)=O)C(C)C(=O)NC2CCCC2)c1. The third kappa shape index (κ3) is 8.21. The minimum atomic E-state index is -3.54. The molecule has 0 radical (unpaired) electrons. The van der Waals surface area contributed by atoms with E-state index in [2.05, 4.69) is 5.32 Å². The highest BCUT2D eigenvalue weighted by molar-refractivity contribution is 7.92. The third-order valence-corrected chi connectivity index (χ3v) is 8.20. The second-order valence-electron chi connectivity index (χ2n) is 10.3. The van der Waals surface area contributed by atoms with Crippen molar-refractivity contribution in [2.45, 2.75) is 77.9 Å². The van der Waals surface area contributed by atoms with Gasteiger partial charge in [0.25, 0.3) is 0 Å². The van der Waals surface area contributed by atoms with E-state index in [-0.39, 0.29) is 37.4 Å². The maximum absolute atomic E-state index is 13.5. The largest absolute Gasteiger partial charge is 0.497 e. The molecule has 1 saturated carbocycles. The Labute approximate surface area is 227 Å². The summed E-state index contributed by atoms with van der Waals surface area (Å²) in [5.41, 5.74) is 3.38. The smallest absolute Gasteiger partial charge is 0.242 e. The first kappa shape index (κ1) is 29.5. The molecule has 38 heavy (non-hydrogen) atoms. The molecule has 0 spiro atoms. The molecule has 1 fully saturated rings. The number of nitrogens with zero attached hydrogens (tertiary/aromatic N) is 2. The Morgan fingerprint density at radius 2 is 1.74 bits per heavy atom. The predicted octanol–water partition coefficient (Wildman–Crippen LogP) is 4.33. The number of methoxy groups -OCH3 is 1. The number of hydrogen-bond acceptors (Lipinski definition) is 5. The van der Waals surface area contributed by atoms with Crippen molar-refractivity contribution >= 4 is 27.5 Å².